The largest absolute Gasteiger partial charge is 0.494 e. The van der Waals surface area contributed by atoms with Crippen LogP contribution in [-0.4, -0.2) is 57.1 Å². The Morgan fingerprint density at radius 2 is 1.84 bits per heavy atom. The van der Waals surface area contributed by atoms with Gasteiger partial charge in [-0.2, -0.15) is 13.2 Å². The lowest BCUT2D eigenvalue weighted by Gasteiger charge is -2.33. The van der Waals surface area contributed by atoms with E-state index >= 15 is 0 Å². The van der Waals surface area contributed by atoms with Crippen LogP contribution in [0.25, 0.3) is 10.9 Å². The highest BCUT2D eigenvalue weighted by Gasteiger charge is 2.43. The van der Waals surface area contributed by atoms with Crippen molar-refractivity contribution in [1.82, 2.24) is 19.9 Å². The van der Waals surface area contributed by atoms with Gasteiger partial charge < -0.3 is 9.47 Å². The number of imide groups is 1. The quantitative estimate of drug-likeness (QED) is 0.443. The standard InChI is InChI=1S/C25H24F3N5O4/c1-2-36-19-7-8-20-21(10-19)30-14-31-23(20)37-18-5-3-16(4-6-18)33-22(34)13-32(24(33)35)17-9-15(11-29-12-17)25(26,27)28/h7-12,14,16,18H,2-6,13H2,1H3/t16-,18-. The van der Waals surface area contributed by atoms with Crippen LogP contribution in [0.5, 0.6) is 11.6 Å². The second-order valence-electron chi connectivity index (χ2n) is 8.90. The summed E-state index contributed by atoms with van der Waals surface area (Å²) in [6.45, 7) is 2.12. The molecular weight excluding hydrogens is 491 g/mol. The average molecular weight is 515 g/mol. The van der Waals surface area contributed by atoms with Gasteiger partial charge in [-0.15, -0.1) is 0 Å². The summed E-state index contributed by atoms with van der Waals surface area (Å²) in [5.74, 6) is 0.710. The number of hydrogen-bond acceptors (Lipinski definition) is 7. The van der Waals surface area contributed by atoms with Gasteiger partial charge in [0.2, 0.25) is 5.88 Å². The molecule has 2 aliphatic rings. The number of pyridine rings is 1. The number of ether oxygens (including phenoxy) is 2. The Kier molecular flexibility index (Phi) is 6.57. The van der Waals surface area contributed by atoms with Crippen molar-refractivity contribution in [3.05, 3.63) is 48.5 Å². The second kappa shape index (κ2) is 9.83. The lowest BCUT2D eigenvalue weighted by atomic mass is 9.92. The summed E-state index contributed by atoms with van der Waals surface area (Å²) in [7, 11) is 0. The third-order valence-electron chi connectivity index (χ3n) is 6.53. The van der Waals surface area contributed by atoms with Gasteiger partial charge >= 0.3 is 12.2 Å². The first-order chi connectivity index (χ1) is 17.7. The molecule has 1 aliphatic carbocycles. The van der Waals surface area contributed by atoms with Gasteiger partial charge in [0.25, 0.3) is 5.91 Å². The number of hydrogen-bond donors (Lipinski definition) is 0. The first-order valence-electron chi connectivity index (χ1n) is 11.9. The summed E-state index contributed by atoms with van der Waals surface area (Å²) in [4.78, 5) is 40.1. The first kappa shape index (κ1) is 24.7. The van der Waals surface area contributed by atoms with Gasteiger partial charge in [-0.05, 0) is 50.8 Å². The highest BCUT2D eigenvalue weighted by molar-refractivity contribution is 6.12. The van der Waals surface area contributed by atoms with Crippen molar-refractivity contribution in [2.45, 2.75) is 50.9 Å². The zero-order chi connectivity index (χ0) is 26.2. The van der Waals surface area contributed by atoms with Crippen LogP contribution in [0, 0.1) is 0 Å². The van der Waals surface area contributed by atoms with Crippen LogP contribution in [-0.2, 0) is 11.0 Å². The minimum Gasteiger partial charge on any atom is -0.494 e. The number of carbonyl (C=O) groups excluding carboxylic acids is 2. The molecule has 194 valence electrons. The van der Waals surface area contributed by atoms with Gasteiger partial charge in [0.15, 0.2) is 0 Å². The van der Waals surface area contributed by atoms with Crippen LogP contribution in [0.2, 0.25) is 0 Å². The van der Waals surface area contributed by atoms with E-state index in [1.54, 1.807) is 0 Å². The molecule has 1 aromatic carbocycles. The molecule has 9 nitrogen and oxygen atoms in total. The van der Waals surface area contributed by atoms with E-state index in [-0.39, 0.29) is 24.4 Å². The van der Waals surface area contributed by atoms with Crippen molar-refractivity contribution in [2.75, 3.05) is 18.1 Å². The summed E-state index contributed by atoms with van der Waals surface area (Å²) in [6, 6.07) is 5.33. The number of amides is 3. The lowest BCUT2D eigenvalue weighted by molar-refractivity contribution is -0.137. The lowest BCUT2D eigenvalue weighted by Crippen LogP contribution is -2.44. The van der Waals surface area contributed by atoms with Gasteiger partial charge in [0, 0.05) is 18.3 Å². The molecule has 0 radical (unpaired) electrons. The van der Waals surface area contributed by atoms with E-state index in [0.29, 0.717) is 55.6 Å². The Morgan fingerprint density at radius 3 is 2.57 bits per heavy atom. The number of urea groups is 1. The molecule has 3 aromatic rings. The third kappa shape index (κ3) is 5.00. The monoisotopic (exact) mass is 515 g/mol. The number of rotatable bonds is 6. The van der Waals surface area contributed by atoms with E-state index in [2.05, 4.69) is 15.0 Å². The molecule has 3 heterocycles. The van der Waals surface area contributed by atoms with E-state index in [9.17, 15) is 22.8 Å². The first-order valence-corrected chi connectivity index (χ1v) is 11.9. The summed E-state index contributed by atoms with van der Waals surface area (Å²) >= 11 is 0. The van der Waals surface area contributed by atoms with Crippen LogP contribution in [0.4, 0.5) is 23.7 Å². The maximum Gasteiger partial charge on any atom is 0.417 e. The molecule has 12 heteroatoms. The number of carbonyl (C=O) groups is 2. The minimum absolute atomic E-state index is 0.0594. The average Bonchev–Trinajstić information content (AvgIpc) is 3.18. The number of alkyl halides is 3. The molecule has 2 aromatic heterocycles. The third-order valence-corrected chi connectivity index (χ3v) is 6.53. The molecule has 1 aliphatic heterocycles. The molecule has 0 atom stereocenters. The van der Waals surface area contributed by atoms with Crippen molar-refractivity contribution >= 4 is 28.5 Å². The molecule has 5 rings (SSSR count). The van der Waals surface area contributed by atoms with Crippen LogP contribution < -0.4 is 14.4 Å². The van der Waals surface area contributed by atoms with E-state index in [1.807, 2.05) is 25.1 Å². The van der Waals surface area contributed by atoms with Gasteiger partial charge in [0.05, 0.1) is 35.0 Å². The van der Waals surface area contributed by atoms with Crippen molar-refractivity contribution in [1.29, 1.82) is 0 Å². The van der Waals surface area contributed by atoms with Crippen LogP contribution in [0.3, 0.4) is 0 Å². The molecule has 0 bridgehead atoms. The maximum atomic E-state index is 13.1. The van der Waals surface area contributed by atoms with E-state index in [0.717, 1.165) is 27.4 Å². The second-order valence-corrected chi connectivity index (χ2v) is 8.90. The number of nitrogens with zero attached hydrogens (tertiary/aromatic N) is 5. The SMILES string of the molecule is CCOc1ccc2c(O[C@H]3CC[C@H](N4C(=O)CN(c5cncc(C(F)(F)F)c5)C4=O)CC3)ncnc2c1. The number of benzene rings is 1. The van der Waals surface area contributed by atoms with Crippen LogP contribution >= 0.6 is 0 Å². The smallest absolute Gasteiger partial charge is 0.417 e. The summed E-state index contributed by atoms with van der Waals surface area (Å²) < 4.78 is 50.9. The molecule has 1 saturated carbocycles. The highest BCUT2D eigenvalue weighted by Crippen LogP contribution is 2.34. The maximum absolute atomic E-state index is 13.1. The van der Waals surface area contributed by atoms with E-state index in [4.69, 9.17) is 9.47 Å². The fourth-order valence-electron chi connectivity index (χ4n) is 4.75. The number of aromatic nitrogens is 3. The van der Waals surface area contributed by atoms with Crippen LogP contribution in [0.1, 0.15) is 38.2 Å². The van der Waals surface area contributed by atoms with Crippen molar-refractivity contribution < 1.29 is 32.2 Å². The van der Waals surface area contributed by atoms with Gasteiger partial charge in [-0.3, -0.25) is 19.6 Å². The molecule has 0 unspecified atom stereocenters. The Hall–Kier alpha value is -3.96. The van der Waals surface area contributed by atoms with Crippen LogP contribution in [0.15, 0.2) is 43.0 Å². The van der Waals surface area contributed by atoms with Gasteiger partial charge in [-0.25, -0.2) is 14.8 Å². The van der Waals surface area contributed by atoms with Gasteiger partial charge in [-0.1, -0.05) is 0 Å². The summed E-state index contributed by atoms with van der Waals surface area (Å²) in [5.41, 5.74) is -0.342. The Bertz CT molecular complexity index is 1330. The topological polar surface area (TPSA) is 97.8 Å². The molecule has 2 fully saturated rings. The number of halogens is 3. The summed E-state index contributed by atoms with van der Waals surface area (Å²) in [5, 5.41) is 0.753. The normalized spacial score (nSPS) is 20.5. The zero-order valence-electron chi connectivity index (χ0n) is 19.9. The van der Waals surface area contributed by atoms with Crippen molar-refractivity contribution in [3.63, 3.8) is 0 Å². The Morgan fingerprint density at radius 1 is 1.05 bits per heavy atom. The van der Waals surface area contributed by atoms with Crippen molar-refractivity contribution in [3.8, 4) is 11.6 Å². The highest BCUT2D eigenvalue weighted by atomic mass is 19.4. The van der Waals surface area contributed by atoms with E-state index in [1.165, 1.54) is 6.33 Å². The molecule has 0 spiro atoms. The minimum atomic E-state index is -4.60. The Labute approximate surface area is 210 Å². The molecule has 3 amide bonds. The molecule has 0 N–H and O–H groups in total. The summed E-state index contributed by atoms with van der Waals surface area (Å²) in [6.07, 6.45) is 0.666. The number of anilines is 1. The Balaban J connectivity index is 1.24. The van der Waals surface area contributed by atoms with Gasteiger partial charge in [0.1, 0.15) is 24.7 Å². The predicted molar refractivity (Wildman–Crippen MR) is 126 cm³/mol. The number of fused-ring (bicyclic) bond motifs is 1. The fourth-order valence-corrected chi connectivity index (χ4v) is 4.75. The molecular formula is C25H24F3N5O4. The van der Waals surface area contributed by atoms with Crippen molar-refractivity contribution in [2.24, 2.45) is 0 Å². The van der Waals surface area contributed by atoms with E-state index < -0.39 is 23.7 Å². The molecule has 37 heavy (non-hydrogen) atoms. The molecule has 1 saturated heterocycles. The predicted octanol–water partition coefficient (Wildman–Crippen LogP) is 4.60. The zero-order valence-corrected chi connectivity index (χ0v) is 19.9. The fraction of sp³-hybridized carbons (Fsp3) is 0.400.